The van der Waals surface area contributed by atoms with Gasteiger partial charge in [-0.1, -0.05) is 30.3 Å². The van der Waals surface area contributed by atoms with E-state index in [9.17, 15) is 14.4 Å². The molecule has 0 aliphatic carbocycles. The number of ether oxygens (including phenoxy) is 1. The van der Waals surface area contributed by atoms with Crippen molar-refractivity contribution in [2.75, 3.05) is 7.11 Å². The van der Waals surface area contributed by atoms with E-state index in [-0.39, 0.29) is 11.3 Å². The standard InChI is InChI=1S/C20H20N4O4/c1-3-24-20(27)16-10-5-4-9-15(16)17(23-24)19(26)22-21-18(25)14-8-6-7-13(11-14)12-28-2/h4-11H,3,12H2,1-2H3,(H,21,25)(H,22,26). The van der Waals surface area contributed by atoms with Gasteiger partial charge in [0.2, 0.25) is 0 Å². The van der Waals surface area contributed by atoms with Crippen LogP contribution in [-0.2, 0) is 17.9 Å². The Balaban J connectivity index is 1.82. The highest BCUT2D eigenvalue weighted by Gasteiger charge is 2.17. The monoisotopic (exact) mass is 380 g/mol. The van der Waals surface area contributed by atoms with Gasteiger partial charge in [-0.25, -0.2) is 4.68 Å². The zero-order chi connectivity index (χ0) is 20.1. The van der Waals surface area contributed by atoms with Crippen LogP contribution in [0.25, 0.3) is 10.8 Å². The van der Waals surface area contributed by atoms with Crippen LogP contribution in [0.4, 0.5) is 0 Å². The topological polar surface area (TPSA) is 102 Å². The first-order valence-electron chi connectivity index (χ1n) is 8.73. The van der Waals surface area contributed by atoms with Crippen molar-refractivity contribution in [2.24, 2.45) is 0 Å². The van der Waals surface area contributed by atoms with Crippen molar-refractivity contribution >= 4 is 22.6 Å². The summed E-state index contributed by atoms with van der Waals surface area (Å²) in [5, 5.41) is 4.95. The molecule has 8 heteroatoms. The maximum absolute atomic E-state index is 12.6. The highest BCUT2D eigenvalue weighted by molar-refractivity contribution is 6.06. The highest BCUT2D eigenvalue weighted by atomic mass is 16.5. The number of hydrogen-bond acceptors (Lipinski definition) is 5. The third kappa shape index (κ3) is 3.91. The SMILES string of the molecule is CCn1nc(C(=O)NNC(=O)c2cccc(COC)c2)c2ccccc2c1=O. The molecular formula is C20H20N4O4. The number of nitrogens with zero attached hydrogens (tertiary/aromatic N) is 2. The summed E-state index contributed by atoms with van der Waals surface area (Å²) in [5.41, 5.74) is 5.75. The van der Waals surface area contributed by atoms with Crippen molar-refractivity contribution in [1.82, 2.24) is 20.6 Å². The van der Waals surface area contributed by atoms with E-state index >= 15 is 0 Å². The molecule has 0 aliphatic rings. The van der Waals surface area contributed by atoms with Gasteiger partial charge in [0.05, 0.1) is 12.0 Å². The summed E-state index contributed by atoms with van der Waals surface area (Å²) in [7, 11) is 1.57. The lowest BCUT2D eigenvalue weighted by Crippen LogP contribution is -2.42. The minimum absolute atomic E-state index is 0.0606. The van der Waals surface area contributed by atoms with Gasteiger partial charge in [0.1, 0.15) is 0 Å². The number of carbonyl (C=O) groups excluding carboxylic acids is 2. The van der Waals surface area contributed by atoms with Gasteiger partial charge < -0.3 is 4.74 Å². The summed E-state index contributed by atoms with van der Waals surface area (Å²) >= 11 is 0. The summed E-state index contributed by atoms with van der Waals surface area (Å²) in [6.45, 7) is 2.46. The largest absolute Gasteiger partial charge is 0.380 e. The first-order valence-corrected chi connectivity index (χ1v) is 8.73. The van der Waals surface area contributed by atoms with E-state index in [4.69, 9.17) is 4.74 Å². The lowest BCUT2D eigenvalue weighted by Gasteiger charge is -2.11. The fourth-order valence-electron chi connectivity index (χ4n) is 2.83. The second-order valence-electron chi connectivity index (χ2n) is 6.06. The Bertz CT molecular complexity index is 1090. The molecule has 3 rings (SSSR count). The summed E-state index contributed by atoms with van der Waals surface area (Å²) < 4.78 is 6.27. The fraction of sp³-hybridized carbons (Fsp3) is 0.200. The molecule has 144 valence electrons. The molecule has 3 aromatic rings. The van der Waals surface area contributed by atoms with Crippen molar-refractivity contribution in [2.45, 2.75) is 20.1 Å². The van der Waals surface area contributed by atoms with Gasteiger partial charge in [-0.3, -0.25) is 25.2 Å². The molecule has 8 nitrogen and oxygen atoms in total. The normalized spacial score (nSPS) is 10.6. The number of aromatic nitrogens is 2. The first-order chi connectivity index (χ1) is 13.5. The van der Waals surface area contributed by atoms with Crippen LogP contribution in [0, 0.1) is 0 Å². The molecule has 0 spiro atoms. The summed E-state index contributed by atoms with van der Waals surface area (Å²) in [5.74, 6) is -1.08. The smallest absolute Gasteiger partial charge is 0.290 e. The lowest BCUT2D eigenvalue weighted by atomic mass is 10.1. The molecule has 0 aliphatic heterocycles. The maximum atomic E-state index is 12.6. The second-order valence-corrected chi connectivity index (χ2v) is 6.06. The van der Waals surface area contributed by atoms with Gasteiger partial charge in [0, 0.05) is 24.6 Å². The summed E-state index contributed by atoms with van der Waals surface area (Å²) in [6, 6.07) is 13.6. The van der Waals surface area contributed by atoms with Crippen molar-refractivity contribution in [3.05, 3.63) is 75.7 Å². The Hall–Kier alpha value is -3.52. The Morgan fingerprint density at radius 1 is 1.04 bits per heavy atom. The van der Waals surface area contributed by atoms with Crippen molar-refractivity contribution < 1.29 is 14.3 Å². The van der Waals surface area contributed by atoms with Gasteiger partial charge in [0.25, 0.3) is 17.4 Å². The zero-order valence-corrected chi connectivity index (χ0v) is 15.6. The number of hydrogen-bond donors (Lipinski definition) is 2. The Morgan fingerprint density at radius 2 is 1.75 bits per heavy atom. The van der Waals surface area contributed by atoms with E-state index in [1.165, 1.54) is 4.68 Å². The Labute approximate surface area is 161 Å². The Kier molecular flexibility index (Phi) is 5.81. The molecular weight excluding hydrogens is 360 g/mol. The minimum Gasteiger partial charge on any atom is -0.380 e. The molecule has 1 aromatic heterocycles. The minimum atomic E-state index is -0.611. The zero-order valence-electron chi connectivity index (χ0n) is 15.6. The number of fused-ring (bicyclic) bond motifs is 1. The summed E-state index contributed by atoms with van der Waals surface area (Å²) in [6.07, 6.45) is 0. The van der Waals surface area contributed by atoms with Crippen LogP contribution in [0.3, 0.4) is 0 Å². The van der Waals surface area contributed by atoms with E-state index in [1.54, 1.807) is 56.5 Å². The number of benzene rings is 2. The second kappa shape index (κ2) is 8.45. The van der Waals surface area contributed by atoms with Gasteiger partial charge >= 0.3 is 0 Å². The van der Waals surface area contributed by atoms with E-state index < -0.39 is 11.8 Å². The predicted octanol–water partition coefficient (Wildman–Crippen LogP) is 1.64. The molecule has 0 fully saturated rings. The van der Waals surface area contributed by atoms with E-state index in [1.807, 2.05) is 6.07 Å². The molecule has 1 heterocycles. The van der Waals surface area contributed by atoms with E-state index in [2.05, 4.69) is 16.0 Å². The molecule has 2 aromatic carbocycles. The number of rotatable bonds is 5. The van der Waals surface area contributed by atoms with Gasteiger partial charge in [-0.05, 0) is 30.7 Å². The molecule has 28 heavy (non-hydrogen) atoms. The van der Waals surface area contributed by atoms with Crippen molar-refractivity contribution in [3.8, 4) is 0 Å². The van der Waals surface area contributed by atoms with Gasteiger partial charge in [0.15, 0.2) is 5.69 Å². The number of carbonyl (C=O) groups is 2. The van der Waals surface area contributed by atoms with Crippen LogP contribution in [-0.4, -0.2) is 28.7 Å². The molecule has 2 amide bonds. The van der Waals surface area contributed by atoms with Crippen molar-refractivity contribution in [1.29, 1.82) is 0 Å². The third-order valence-electron chi connectivity index (χ3n) is 4.17. The van der Waals surface area contributed by atoms with Crippen molar-refractivity contribution in [3.63, 3.8) is 0 Å². The van der Waals surface area contributed by atoms with Gasteiger partial charge in [-0.2, -0.15) is 5.10 Å². The average molecular weight is 380 g/mol. The highest BCUT2D eigenvalue weighted by Crippen LogP contribution is 2.13. The predicted molar refractivity (Wildman–Crippen MR) is 104 cm³/mol. The number of amides is 2. The number of aryl methyl sites for hydroxylation is 1. The van der Waals surface area contributed by atoms with Gasteiger partial charge in [-0.15, -0.1) is 0 Å². The van der Waals surface area contributed by atoms with Crippen LogP contribution in [0.2, 0.25) is 0 Å². The van der Waals surface area contributed by atoms with Crippen LogP contribution in [0.5, 0.6) is 0 Å². The van der Waals surface area contributed by atoms with E-state index in [0.717, 1.165) is 5.56 Å². The maximum Gasteiger partial charge on any atom is 0.290 e. The van der Waals surface area contributed by atoms with Crippen LogP contribution >= 0.6 is 0 Å². The molecule has 0 saturated heterocycles. The van der Waals surface area contributed by atoms with Crippen LogP contribution in [0.1, 0.15) is 33.3 Å². The molecule has 0 radical (unpaired) electrons. The number of hydrazine groups is 1. The molecule has 0 saturated carbocycles. The number of nitrogens with one attached hydrogen (secondary N) is 2. The summed E-state index contributed by atoms with van der Waals surface area (Å²) in [4.78, 5) is 37.3. The molecule has 2 N–H and O–H groups in total. The molecule has 0 atom stereocenters. The van der Waals surface area contributed by atoms with E-state index in [0.29, 0.717) is 29.5 Å². The molecule has 0 unspecified atom stereocenters. The first kappa shape index (κ1) is 19.2. The fourth-order valence-corrected chi connectivity index (χ4v) is 2.83. The molecule has 0 bridgehead atoms. The average Bonchev–Trinajstić information content (AvgIpc) is 2.72. The third-order valence-corrected chi connectivity index (χ3v) is 4.17. The van der Waals surface area contributed by atoms with Crippen LogP contribution in [0.15, 0.2) is 53.3 Å². The number of methoxy groups -OCH3 is 1. The van der Waals surface area contributed by atoms with Crippen LogP contribution < -0.4 is 16.4 Å². The lowest BCUT2D eigenvalue weighted by molar-refractivity contribution is 0.0843. The quantitative estimate of drug-likeness (QED) is 0.655. The Morgan fingerprint density at radius 3 is 2.46 bits per heavy atom.